The van der Waals surface area contributed by atoms with E-state index < -0.39 is 0 Å². The highest BCUT2D eigenvalue weighted by molar-refractivity contribution is 5.93. The van der Waals surface area contributed by atoms with Crippen LogP contribution in [-0.4, -0.2) is 52.0 Å². The van der Waals surface area contributed by atoms with E-state index >= 15 is 0 Å². The van der Waals surface area contributed by atoms with Crippen molar-refractivity contribution >= 4 is 18.3 Å². The van der Waals surface area contributed by atoms with Gasteiger partial charge in [-0.2, -0.15) is 0 Å². The number of halogens is 2. The molecule has 2 fully saturated rings. The molecule has 8 heteroatoms. The van der Waals surface area contributed by atoms with Gasteiger partial charge in [-0.15, -0.1) is 17.5 Å². The van der Waals surface area contributed by atoms with Crippen LogP contribution in [0.4, 0.5) is 4.39 Å². The highest BCUT2D eigenvalue weighted by Crippen LogP contribution is 2.25. The molecule has 1 aromatic heterocycles. The van der Waals surface area contributed by atoms with Crippen molar-refractivity contribution in [1.29, 1.82) is 0 Å². The van der Waals surface area contributed by atoms with Crippen LogP contribution in [0.15, 0.2) is 24.3 Å². The number of hydrogen-bond acceptors (Lipinski definition) is 4. The van der Waals surface area contributed by atoms with Crippen molar-refractivity contribution in [3.8, 4) is 0 Å². The van der Waals surface area contributed by atoms with Crippen molar-refractivity contribution in [1.82, 2.24) is 25.2 Å². The maximum Gasteiger partial charge on any atom is 0.276 e. The Bertz CT molecular complexity index is 803. The average molecular weight is 408 g/mol. The number of piperidine rings is 1. The zero-order chi connectivity index (χ0) is 18.8. The molecule has 3 heterocycles. The summed E-state index contributed by atoms with van der Waals surface area (Å²) in [6.07, 6.45) is 3.86. The van der Waals surface area contributed by atoms with Gasteiger partial charge in [0, 0.05) is 13.1 Å². The van der Waals surface area contributed by atoms with Gasteiger partial charge >= 0.3 is 0 Å². The highest BCUT2D eigenvalue weighted by Gasteiger charge is 2.31. The quantitative estimate of drug-likeness (QED) is 0.846. The Kier molecular flexibility index (Phi) is 6.67. The largest absolute Gasteiger partial charge is 0.337 e. The highest BCUT2D eigenvalue weighted by atomic mass is 35.5. The van der Waals surface area contributed by atoms with Crippen LogP contribution >= 0.6 is 12.4 Å². The van der Waals surface area contributed by atoms with Crippen LogP contribution in [0.5, 0.6) is 0 Å². The van der Waals surface area contributed by atoms with E-state index in [1.165, 1.54) is 12.1 Å². The van der Waals surface area contributed by atoms with Gasteiger partial charge in [-0.3, -0.25) is 4.79 Å². The Morgan fingerprint density at radius 1 is 1.21 bits per heavy atom. The Balaban J connectivity index is 0.00000225. The number of benzene rings is 1. The molecule has 1 aromatic carbocycles. The molecule has 2 aliphatic heterocycles. The van der Waals surface area contributed by atoms with E-state index in [2.05, 4.69) is 15.6 Å². The van der Waals surface area contributed by atoms with Gasteiger partial charge in [0.15, 0.2) is 5.69 Å². The molecule has 4 rings (SSSR count). The number of amides is 1. The van der Waals surface area contributed by atoms with Crippen molar-refractivity contribution in [3.05, 3.63) is 47.0 Å². The van der Waals surface area contributed by atoms with Crippen LogP contribution in [0.25, 0.3) is 0 Å². The van der Waals surface area contributed by atoms with Gasteiger partial charge in [-0.25, -0.2) is 9.07 Å². The van der Waals surface area contributed by atoms with Crippen molar-refractivity contribution in [2.24, 2.45) is 5.92 Å². The van der Waals surface area contributed by atoms with Gasteiger partial charge in [0.25, 0.3) is 5.91 Å². The second kappa shape index (κ2) is 9.01. The molecular weight excluding hydrogens is 381 g/mol. The summed E-state index contributed by atoms with van der Waals surface area (Å²) in [7, 11) is 0. The van der Waals surface area contributed by atoms with Crippen LogP contribution in [0.2, 0.25) is 0 Å². The summed E-state index contributed by atoms with van der Waals surface area (Å²) in [4.78, 5) is 14.8. The maximum absolute atomic E-state index is 13.1. The van der Waals surface area contributed by atoms with Crippen LogP contribution in [-0.2, 0) is 6.42 Å². The number of nitrogens with zero attached hydrogens (tertiary/aromatic N) is 4. The maximum atomic E-state index is 13.1. The Morgan fingerprint density at radius 3 is 2.64 bits per heavy atom. The van der Waals surface area contributed by atoms with Crippen LogP contribution in [0.3, 0.4) is 0 Å². The third kappa shape index (κ3) is 4.36. The fourth-order valence-electron chi connectivity index (χ4n) is 4.22. The molecule has 0 saturated carbocycles. The number of nitrogens with one attached hydrogen (secondary N) is 1. The average Bonchev–Trinajstić information content (AvgIpc) is 3.31. The SMILES string of the molecule is Cc1c(C(=O)N2CCC(Cc3ccc(F)cc3)C2)nnn1C1CCNCC1.Cl. The van der Waals surface area contributed by atoms with Gasteiger partial charge in [0.1, 0.15) is 5.82 Å². The molecule has 28 heavy (non-hydrogen) atoms. The van der Waals surface area contributed by atoms with Crippen molar-refractivity contribution in [2.75, 3.05) is 26.2 Å². The summed E-state index contributed by atoms with van der Waals surface area (Å²) in [5, 5.41) is 11.8. The Labute approximate surface area is 170 Å². The molecule has 152 valence electrons. The smallest absolute Gasteiger partial charge is 0.276 e. The third-order valence-electron chi connectivity index (χ3n) is 5.80. The minimum atomic E-state index is -0.214. The van der Waals surface area contributed by atoms with Crippen LogP contribution < -0.4 is 5.32 Å². The molecular formula is C20H27ClFN5O. The predicted molar refractivity (Wildman–Crippen MR) is 107 cm³/mol. The van der Waals surface area contributed by atoms with E-state index in [0.29, 0.717) is 17.7 Å². The molecule has 1 atom stereocenters. The molecule has 0 bridgehead atoms. The lowest BCUT2D eigenvalue weighted by Gasteiger charge is -2.23. The lowest BCUT2D eigenvalue weighted by atomic mass is 9.99. The van der Waals surface area contributed by atoms with Gasteiger partial charge in [0.2, 0.25) is 0 Å². The number of likely N-dealkylation sites (tertiary alicyclic amines) is 1. The first kappa shape index (κ1) is 20.7. The van der Waals surface area contributed by atoms with Crippen molar-refractivity contribution < 1.29 is 9.18 Å². The minimum Gasteiger partial charge on any atom is -0.337 e. The summed E-state index contributed by atoms with van der Waals surface area (Å²) in [6.45, 7) is 5.36. The van der Waals surface area contributed by atoms with Gasteiger partial charge in [-0.1, -0.05) is 17.3 Å². The number of rotatable bonds is 4. The first-order valence-electron chi connectivity index (χ1n) is 9.78. The summed E-state index contributed by atoms with van der Waals surface area (Å²) < 4.78 is 15.0. The molecule has 0 spiro atoms. The molecule has 6 nitrogen and oxygen atoms in total. The molecule has 2 saturated heterocycles. The van der Waals surface area contributed by atoms with E-state index in [0.717, 1.165) is 63.1 Å². The monoisotopic (exact) mass is 407 g/mol. The zero-order valence-corrected chi connectivity index (χ0v) is 16.9. The number of hydrogen-bond donors (Lipinski definition) is 1. The van der Waals surface area contributed by atoms with E-state index in [1.54, 1.807) is 0 Å². The minimum absolute atomic E-state index is 0. The second-order valence-electron chi connectivity index (χ2n) is 7.69. The van der Waals surface area contributed by atoms with Crippen molar-refractivity contribution in [3.63, 3.8) is 0 Å². The molecule has 1 N–H and O–H groups in total. The molecule has 0 radical (unpaired) electrons. The standard InChI is InChI=1S/C20H26FN5O.ClH/c1-14-19(23-24-26(14)18-6-9-22-10-7-18)20(27)25-11-8-16(13-25)12-15-2-4-17(21)5-3-15;/h2-5,16,18,22H,6-13H2,1H3;1H. The fraction of sp³-hybridized carbons (Fsp3) is 0.550. The lowest BCUT2D eigenvalue weighted by molar-refractivity contribution is 0.0780. The number of carbonyl (C=O) groups is 1. The van der Waals surface area contributed by atoms with Gasteiger partial charge in [-0.05, 0) is 69.3 Å². The molecule has 2 aromatic rings. The number of carbonyl (C=O) groups excluding carboxylic acids is 1. The number of aromatic nitrogens is 3. The topological polar surface area (TPSA) is 63.1 Å². The van der Waals surface area contributed by atoms with E-state index in [1.807, 2.05) is 28.6 Å². The first-order valence-corrected chi connectivity index (χ1v) is 9.78. The molecule has 2 aliphatic rings. The van der Waals surface area contributed by atoms with Crippen LogP contribution in [0.1, 0.15) is 47.1 Å². The fourth-order valence-corrected chi connectivity index (χ4v) is 4.22. The molecule has 1 unspecified atom stereocenters. The van der Waals surface area contributed by atoms with E-state index in [4.69, 9.17) is 0 Å². The van der Waals surface area contributed by atoms with E-state index in [9.17, 15) is 9.18 Å². The summed E-state index contributed by atoms with van der Waals surface area (Å²) in [6, 6.07) is 6.97. The summed E-state index contributed by atoms with van der Waals surface area (Å²) >= 11 is 0. The van der Waals surface area contributed by atoms with Gasteiger partial charge < -0.3 is 10.2 Å². The second-order valence-corrected chi connectivity index (χ2v) is 7.69. The molecule has 1 amide bonds. The summed E-state index contributed by atoms with van der Waals surface area (Å²) in [5.41, 5.74) is 2.47. The Morgan fingerprint density at radius 2 is 1.93 bits per heavy atom. The van der Waals surface area contributed by atoms with Crippen molar-refractivity contribution in [2.45, 2.75) is 38.6 Å². The van der Waals surface area contributed by atoms with Crippen LogP contribution in [0, 0.1) is 18.7 Å². The van der Waals surface area contributed by atoms with Gasteiger partial charge in [0.05, 0.1) is 11.7 Å². The predicted octanol–water partition coefficient (Wildman–Crippen LogP) is 2.78. The summed E-state index contributed by atoms with van der Waals surface area (Å²) in [5.74, 6) is 0.169. The third-order valence-corrected chi connectivity index (χ3v) is 5.80. The molecule has 0 aliphatic carbocycles. The zero-order valence-electron chi connectivity index (χ0n) is 16.1. The first-order chi connectivity index (χ1) is 13.1. The van der Waals surface area contributed by atoms with E-state index in [-0.39, 0.29) is 24.1 Å². The normalized spacial score (nSPS) is 20.2. The Hall–Kier alpha value is -1.99. The lowest BCUT2D eigenvalue weighted by Crippen LogP contribution is -2.31.